The predicted octanol–water partition coefficient (Wildman–Crippen LogP) is -2.63. The number of carboxylic acids is 4. The van der Waals surface area contributed by atoms with E-state index in [1.165, 1.54) is 9.80 Å². The van der Waals surface area contributed by atoms with Crippen LogP contribution in [-0.4, -0.2) is 173 Å². The fourth-order valence-corrected chi connectivity index (χ4v) is 4.33. The van der Waals surface area contributed by atoms with Gasteiger partial charge in [0.2, 0.25) is 5.91 Å². The summed E-state index contributed by atoms with van der Waals surface area (Å²) in [5.74, 6) is -7.13. The van der Waals surface area contributed by atoms with Crippen molar-refractivity contribution in [1.82, 2.24) is 20.0 Å². The molecule has 0 radical (unpaired) electrons. The van der Waals surface area contributed by atoms with Crippen LogP contribution in [0.25, 0.3) is 0 Å². The molecule has 0 aromatic carbocycles. The minimum atomic E-state index is -4.62. The first-order chi connectivity index (χ1) is 21.4. The van der Waals surface area contributed by atoms with Crippen molar-refractivity contribution in [2.45, 2.75) is 26.4 Å². The van der Waals surface area contributed by atoms with Crippen LogP contribution in [0.4, 0.5) is 0 Å². The van der Waals surface area contributed by atoms with E-state index in [0.717, 1.165) is 18.7 Å². The molecule has 21 nitrogen and oxygen atoms in total. The van der Waals surface area contributed by atoms with Gasteiger partial charge in [-0.25, -0.2) is 4.57 Å². The topological polar surface area (TPSA) is 296 Å². The monoisotopic (exact) mass is 688 g/mol. The highest BCUT2D eigenvalue weighted by Crippen LogP contribution is 2.43. The Morgan fingerprint density at radius 3 is 1.59 bits per heavy atom. The second kappa shape index (κ2) is 22.7. The highest BCUT2D eigenvalue weighted by molar-refractivity contribution is 7.47. The number of carbonyl (C=O) groups excluding carboxylic acids is 3. The van der Waals surface area contributed by atoms with Crippen molar-refractivity contribution < 1.29 is 82.0 Å². The van der Waals surface area contributed by atoms with Gasteiger partial charge in [-0.05, 0) is 6.42 Å². The summed E-state index contributed by atoms with van der Waals surface area (Å²) in [7, 11) is -4.62. The number of rotatable bonds is 27. The maximum Gasteiger partial charge on any atom is 0.472 e. The molecular formula is C24H41N4O17P. The number of carbonyl (C=O) groups is 7. The Labute approximate surface area is 263 Å². The third-order valence-corrected chi connectivity index (χ3v) is 6.38. The molecule has 0 saturated heterocycles. The standard InChI is InChI=1S/C24H41N4O17P/c1-17(29)42-15-19(45-18(2)30)16-44-46(40,41)43-9-3-4-25-20(31)10-27(12-22(34)35)7-5-26(11-21(32)33)6-8-28(13-23(36)37)14-24(38)39/h19H,3-16H2,1-2H3,(H,25,31)(H,32,33)(H,34,35)(H,36,37)(H,38,39)(H,40,41)/t19-/m1/s1. The maximum absolute atomic E-state index is 12.4. The fourth-order valence-electron chi connectivity index (χ4n) is 3.54. The van der Waals surface area contributed by atoms with Gasteiger partial charge in [-0.1, -0.05) is 0 Å². The molecule has 0 aromatic heterocycles. The lowest BCUT2D eigenvalue weighted by molar-refractivity contribution is -0.158. The van der Waals surface area contributed by atoms with Crippen molar-refractivity contribution in [2.75, 3.05) is 85.3 Å². The van der Waals surface area contributed by atoms with Crippen molar-refractivity contribution in [3.63, 3.8) is 0 Å². The van der Waals surface area contributed by atoms with E-state index in [9.17, 15) is 53.2 Å². The number of phosphoric ester groups is 1. The summed E-state index contributed by atoms with van der Waals surface area (Å²) in [6.07, 6.45) is -1.15. The number of phosphoric acid groups is 1. The molecular weight excluding hydrogens is 647 g/mol. The van der Waals surface area contributed by atoms with Crippen LogP contribution >= 0.6 is 7.82 Å². The quantitative estimate of drug-likeness (QED) is 0.0292. The van der Waals surface area contributed by atoms with Gasteiger partial charge in [0, 0.05) is 46.6 Å². The molecule has 6 N–H and O–H groups in total. The van der Waals surface area contributed by atoms with E-state index in [-0.39, 0.29) is 45.8 Å². The molecule has 0 aliphatic carbocycles. The first-order valence-electron chi connectivity index (χ1n) is 13.6. The summed E-state index contributed by atoms with van der Waals surface area (Å²) < 4.78 is 31.1. The summed E-state index contributed by atoms with van der Waals surface area (Å²) in [5.41, 5.74) is 0. The van der Waals surface area contributed by atoms with E-state index in [0.29, 0.717) is 0 Å². The van der Waals surface area contributed by atoms with E-state index in [2.05, 4.69) is 5.32 Å². The number of esters is 2. The zero-order valence-corrected chi connectivity index (χ0v) is 26.3. The van der Waals surface area contributed by atoms with Gasteiger partial charge in [0.1, 0.15) is 6.61 Å². The number of carboxylic acid groups (broad SMARTS) is 4. The van der Waals surface area contributed by atoms with Gasteiger partial charge in [0.05, 0.1) is 45.9 Å². The molecule has 22 heteroatoms. The summed E-state index contributed by atoms with van der Waals surface area (Å²) >= 11 is 0. The second-order valence-electron chi connectivity index (χ2n) is 9.61. The fraction of sp³-hybridized carbons (Fsp3) is 0.708. The normalized spacial score (nSPS) is 13.2. The van der Waals surface area contributed by atoms with E-state index < -0.39 is 102 Å². The Morgan fingerprint density at radius 1 is 0.674 bits per heavy atom. The smallest absolute Gasteiger partial charge is 0.472 e. The Balaban J connectivity index is 4.84. The van der Waals surface area contributed by atoms with Crippen molar-refractivity contribution in [1.29, 1.82) is 0 Å². The maximum atomic E-state index is 12.4. The predicted molar refractivity (Wildman–Crippen MR) is 151 cm³/mol. The van der Waals surface area contributed by atoms with Gasteiger partial charge in [-0.2, -0.15) is 0 Å². The lowest BCUT2D eigenvalue weighted by Gasteiger charge is -2.27. The minimum absolute atomic E-state index is 0.0228. The molecule has 0 aromatic rings. The van der Waals surface area contributed by atoms with Gasteiger partial charge in [0.15, 0.2) is 6.10 Å². The third kappa shape index (κ3) is 24.6. The van der Waals surface area contributed by atoms with Crippen molar-refractivity contribution in [3.8, 4) is 0 Å². The highest BCUT2D eigenvalue weighted by Gasteiger charge is 2.25. The van der Waals surface area contributed by atoms with Crippen molar-refractivity contribution in [2.24, 2.45) is 0 Å². The Bertz CT molecular complexity index is 1070. The molecule has 0 saturated carbocycles. The molecule has 46 heavy (non-hydrogen) atoms. The molecule has 0 rings (SSSR count). The van der Waals surface area contributed by atoms with E-state index in [4.69, 9.17) is 28.7 Å². The first kappa shape index (κ1) is 42.3. The number of aliphatic carboxylic acids is 4. The average Bonchev–Trinajstić information content (AvgIpc) is 2.89. The molecule has 0 aliphatic rings. The van der Waals surface area contributed by atoms with Crippen LogP contribution in [0.3, 0.4) is 0 Å². The Hall–Kier alpha value is -3.72. The van der Waals surface area contributed by atoms with Crippen LogP contribution in [0, 0.1) is 0 Å². The molecule has 0 heterocycles. The molecule has 0 spiro atoms. The van der Waals surface area contributed by atoms with Gasteiger partial charge in [0.25, 0.3) is 0 Å². The molecule has 1 amide bonds. The van der Waals surface area contributed by atoms with Crippen LogP contribution < -0.4 is 5.32 Å². The van der Waals surface area contributed by atoms with Crippen LogP contribution in [0.5, 0.6) is 0 Å². The van der Waals surface area contributed by atoms with Crippen LogP contribution in [0.1, 0.15) is 20.3 Å². The molecule has 0 bridgehead atoms. The lowest BCUT2D eigenvalue weighted by Crippen LogP contribution is -2.46. The first-order valence-corrected chi connectivity index (χ1v) is 15.1. The molecule has 264 valence electrons. The molecule has 0 aliphatic heterocycles. The van der Waals surface area contributed by atoms with Crippen LogP contribution in [0.2, 0.25) is 0 Å². The minimum Gasteiger partial charge on any atom is -0.480 e. The molecule has 1 unspecified atom stereocenters. The zero-order valence-electron chi connectivity index (χ0n) is 25.4. The van der Waals surface area contributed by atoms with E-state index in [1.54, 1.807) is 0 Å². The van der Waals surface area contributed by atoms with E-state index in [1.807, 2.05) is 0 Å². The number of nitrogens with one attached hydrogen (secondary N) is 1. The van der Waals surface area contributed by atoms with Crippen LogP contribution in [-0.2, 0) is 56.6 Å². The van der Waals surface area contributed by atoms with E-state index >= 15 is 0 Å². The van der Waals surface area contributed by atoms with Gasteiger partial charge in [-0.3, -0.25) is 57.3 Å². The van der Waals surface area contributed by atoms with Gasteiger partial charge < -0.3 is 40.1 Å². The number of hydrogen-bond acceptors (Lipinski definition) is 15. The number of ether oxygens (including phenoxy) is 2. The summed E-state index contributed by atoms with van der Waals surface area (Å²) in [4.78, 5) is 92.5. The average molecular weight is 689 g/mol. The number of nitrogens with zero attached hydrogens (tertiary/aromatic N) is 3. The number of amides is 1. The third-order valence-electron chi connectivity index (χ3n) is 5.39. The van der Waals surface area contributed by atoms with Gasteiger partial charge >= 0.3 is 43.6 Å². The molecule has 0 fully saturated rings. The lowest BCUT2D eigenvalue weighted by atomic mass is 10.3. The Morgan fingerprint density at radius 2 is 1.13 bits per heavy atom. The summed E-state index contributed by atoms with van der Waals surface area (Å²) in [6.45, 7) is -2.31. The Kier molecular flexibility index (Phi) is 20.9. The summed E-state index contributed by atoms with van der Waals surface area (Å²) in [5, 5.41) is 38.8. The van der Waals surface area contributed by atoms with Crippen LogP contribution in [0.15, 0.2) is 0 Å². The van der Waals surface area contributed by atoms with Crippen molar-refractivity contribution >= 4 is 49.5 Å². The summed E-state index contributed by atoms with van der Waals surface area (Å²) in [6, 6.07) is 0. The SMILES string of the molecule is CC(=O)OC[C@H](COP(=O)(O)OCCCNC(=O)CN(CCN(CCN(CC(=O)O)CC(=O)O)CC(=O)O)CC(=O)O)OC(C)=O. The molecule has 2 atom stereocenters. The highest BCUT2D eigenvalue weighted by atomic mass is 31.2. The second-order valence-corrected chi connectivity index (χ2v) is 11.1. The zero-order chi connectivity index (χ0) is 35.3. The number of hydrogen-bond donors (Lipinski definition) is 6. The van der Waals surface area contributed by atoms with Crippen molar-refractivity contribution in [3.05, 3.63) is 0 Å². The largest absolute Gasteiger partial charge is 0.480 e. The van der Waals surface area contributed by atoms with Gasteiger partial charge in [-0.15, -0.1) is 0 Å².